The van der Waals surface area contributed by atoms with E-state index in [1.54, 1.807) is 4.90 Å². The van der Waals surface area contributed by atoms with Crippen LogP contribution in [0.3, 0.4) is 0 Å². The molecule has 6 nitrogen and oxygen atoms in total. The lowest BCUT2D eigenvalue weighted by Gasteiger charge is -2.37. The maximum Gasteiger partial charge on any atom is 0.410 e. The van der Waals surface area contributed by atoms with Gasteiger partial charge in [0.05, 0.1) is 12.5 Å². The second kappa shape index (κ2) is 8.88. The summed E-state index contributed by atoms with van der Waals surface area (Å²) in [4.78, 5) is 26.1. The number of amides is 1. The monoisotopic (exact) mass is 354 g/mol. The van der Waals surface area contributed by atoms with Gasteiger partial charge in [0, 0.05) is 25.2 Å². The van der Waals surface area contributed by atoms with Crippen LogP contribution in [0.4, 0.5) is 4.79 Å². The molecule has 1 saturated heterocycles. The predicted molar refractivity (Wildman–Crippen MR) is 96.3 cm³/mol. The van der Waals surface area contributed by atoms with E-state index < -0.39 is 5.60 Å². The molecule has 25 heavy (non-hydrogen) atoms. The Kier molecular flexibility index (Phi) is 7.11. The first-order valence-corrected chi connectivity index (χ1v) is 9.69. The van der Waals surface area contributed by atoms with Crippen LogP contribution in [0.2, 0.25) is 0 Å². The highest BCUT2D eigenvalue weighted by molar-refractivity contribution is 5.72. The number of hydrogen-bond acceptors (Lipinski definition) is 5. The third kappa shape index (κ3) is 6.49. The topological polar surface area (TPSA) is 67.9 Å². The summed E-state index contributed by atoms with van der Waals surface area (Å²) >= 11 is 0. The largest absolute Gasteiger partial charge is 0.466 e. The number of likely N-dealkylation sites (tertiary alicyclic amines) is 1. The van der Waals surface area contributed by atoms with Crippen molar-refractivity contribution in [3.05, 3.63) is 0 Å². The summed E-state index contributed by atoms with van der Waals surface area (Å²) in [6, 6.07) is 0.596. The summed E-state index contributed by atoms with van der Waals surface area (Å²) in [5.74, 6) is -0.0511. The molecule has 2 rings (SSSR count). The van der Waals surface area contributed by atoms with Crippen LogP contribution in [0.15, 0.2) is 0 Å². The second-order valence-corrected chi connectivity index (χ2v) is 8.24. The minimum Gasteiger partial charge on any atom is -0.466 e. The SMILES string of the molecule is CCOC(=O)C1CCCC(NC2CCCN(C(=O)OC(C)(C)C)C2)C1. The third-order valence-electron chi connectivity index (χ3n) is 4.84. The maximum absolute atomic E-state index is 12.3. The number of carbonyl (C=O) groups is 2. The second-order valence-electron chi connectivity index (χ2n) is 8.24. The normalized spacial score (nSPS) is 27.7. The molecule has 0 bridgehead atoms. The van der Waals surface area contributed by atoms with E-state index in [-0.39, 0.29) is 24.0 Å². The first kappa shape index (κ1) is 20.0. The fraction of sp³-hybridized carbons (Fsp3) is 0.895. The fourth-order valence-electron chi connectivity index (χ4n) is 3.75. The number of carbonyl (C=O) groups excluding carboxylic acids is 2. The Morgan fingerprint density at radius 2 is 1.84 bits per heavy atom. The first-order chi connectivity index (χ1) is 11.8. The molecule has 3 atom stereocenters. The van der Waals surface area contributed by atoms with E-state index in [2.05, 4.69) is 5.32 Å². The van der Waals surface area contributed by atoms with E-state index in [9.17, 15) is 9.59 Å². The van der Waals surface area contributed by atoms with Crippen molar-refractivity contribution >= 4 is 12.1 Å². The number of ether oxygens (including phenoxy) is 2. The number of nitrogens with one attached hydrogen (secondary N) is 1. The zero-order chi connectivity index (χ0) is 18.4. The summed E-state index contributed by atoms with van der Waals surface area (Å²) < 4.78 is 10.7. The van der Waals surface area contributed by atoms with Gasteiger partial charge in [-0.15, -0.1) is 0 Å². The molecule has 2 aliphatic rings. The van der Waals surface area contributed by atoms with Crippen LogP contribution >= 0.6 is 0 Å². The van der Waals surface area contributed by atoms with Crippen molar-refractivity contribution in [3.63, 3.8) is 0 Å². The number of rotatable bonds is 4. The molecular weight excluding hydrogens is 320 g/mol. The van der Waals surface area contributed by atoms with Gasteiger partial charge in [0.2, 0.25) is 0 Å². The number of nitrogens with zero attached hydrogens (tertiary/aromatic N) is 1. The number of esters is 1. The molecule has 1 N–H and O–H groups in total. The van der Waals surface area contributed by atoms with Crippen LogP contribution in [0.25, 0.3) is 0 Å². The first-order valence-electron chi connectivity index (χ1n) is 9.69. The zero-order valence-electron chi connectivity index (χ0n) is 16.2. The van der Waals surface area contributed by atoms with Crippen molar-refractivity contribution in [1.29, 1.82) is 0 Å². The molecule has 1 amide bonds. The Hall–Kier alpha value is -1.30. The van der Waals surface area contributed by atoms with Crippen molar-refractivity contribution in [2.45, 2.75) is 83.9 Å². The summed E-state index contributed by atoms with van der Waals surface area (Å²) in [5.41, 5.74) is -0.465. The Balaban J connectivity index is 1.83. The molecule has 1 heterocycles. The molecular formula is C19H34N2O4. The van der Waals surface area contributed by atoms with E-state index >= 15 is 0 Å². The van der Waals surface area contributed by atoms with Gasteiger partial charge in [0.25, 0.3) is 0 Å². The molecule has 1 saturated carbocycles. The van der Waals surface area contributed by atoms with Gasteiger partial charge in [-0.05, 0) is 59.8 Å². The van der Waals surface area contributed by atoms with E-state index in [1.165, 1.54) is 0 Å². The minimum atomic E-state index is -0.465. The fourth-order valence-corrected chi connectivity index (χ4v) is 3.75. The quantitative estimate of drug-likeness (QED) is 0.786. The molecule has 2 fully saturated rings. The van der Waals surface area contributed by atoms with Gasteiger partial charge in [-0.2, -0.15) is 0 Å². The lowest BCUT2D eigenvalue weighted by molar-refractivity contribution is -0.149. The van der Waals surface area contributed by atoms with Gasteiger partial charge in [0.1, 0.15) is 5.60 Å². The molecule has 6 heteroatoms. The van der Waals surface area contributed by atoms with Crippen LogP contribution in [-0.2, 0) is 14.3 Å². The molecule has 0 aromatic carbocycles. The average Bonchev–Trinajstić information content (AvgIpc) is 2.54. The summed E-state index contributed by atoms with van der Waals surface area (Å²) in [6.07, 6.45) is 5.69. The highest BCUT2D eigenvalue weighted by atomic mass is 16.6. The molecule has 0 aromatic rings. The van der Waals surface area contributed by atoms with Gasteiger partial charge in [0.15, 0.2) is 0 Å². The summed E-state index contributed by atoms with van der Waals surface area (Å²) in [7, 11) is 0. The molecule has 0 spiro atoms. The van der Waals surface area contributed by atoms with Crippen LogP contribution in [0.5, 0.6) is 0 Å². The molecule has 3 unspecified atom stereocenters. The summed E-state index contributed by atoms with van der Waals surface area (Å²) in [6.45, 7) is 9.40. The van der Waals surface area contributed by atoms with E-state index in [4.69, 9.17) is 9.47 Å². The Bertz CT molecular complexity index is 461. The van der Waals surface area contributed by atoms with Crippen LogP contribution in [0.1, 0.15) is 66.2 Å². The molecule has 1 aliphatic heterocycles. The highest BCUT2D eigenvalue weighted by Crippen LogP contribution is 2.26. The maximum atomic E-state index is 12.3. The van der Waals surface area contributed by atoms with E-state index in [0.717, 1.165) is 45.1 Å². The molecule has 1 aliphatic carbocycles. The predicted octanol–water partition coefficient (Wildman–Crippen LogP) is 3.10. The van der Waals surface area contributed by atoms with Crippen molar-refractivity contribution in [2.75, 3.05) is 19.7 Å². The van der Waals surface area contributed by atoms with Gasteiger partial charge >= 0.3 is 12.1 Å². The van der Waals surface area contributed by atoms with Crippen molar-refractivity contribution in [2.24, 2.45) is 5.92 Å². The van der Waals surface area contributed by atoms with Crippen molar-refractivity contribution < 1.29 is 19.1 Å². The molecule has 144 valence electrons. The van der Waals surface area contributed by atoms with Crippen molar-refractivity contribution in [1.82, 2.24) is 10.2 Å². The number of piperidine rings is 1. The standard InChI is InChI=1S/C19H34N2O4/c1-5-24-17(22)14-8-6-9-15(12-14)20-16-10-7-11-21(13-16)18(23)25-19(2,3)4/h14-16,20H,5-13H2,1-4H3. The van der Waals surface area contributed by atoms with Crippen LogP contribution in [0, 0.1) is 5.92 Å². The zero-order valence-corrected chi connectivity index (χ0v) is 16.2. The molecule has 0 aromatic heterocycles. The van der Waals surface area contributed by atoms with Gasteiger partial charge in [-0.1, -0.05) is 6.42 Å². The van der Waals surface area contributed by atoms with Crippen molar-refractivity contribution in [3.8, 4) is 0 Å². The van der Waals surface area contributed by atoms with E-state index in [1.807, 2.05) is 27.7 Å². The van der Waals surface area contributed by atoms with Gasteiger partial charge in [-0.25, -0.2) is 4.79 Å². The van der Waals surface area contributed by atoms with Crippen LogP contribution < -0.4 is 5.32 Å². The lowest BCUT2D eigenvalue weighted by atomic mass is 9.85. The van der Waals surface area contributed by atoms with Gasteiger partial charge < -0.3 is 19.7 Å². The third-order valence-corrected chi connectivity index (χ3v) is 4.84. The smallest absolute Gasteiger partial charge is 0.410 e. The molecule has 0 radical (unpaired) electrons. The average molecular weight is 354 g/mol. The minimum absolute atomic E-state index is 0.0109. The summed E-state index contributed by atoms with van der Waals surface area (Å²) in [5, 5.41) is 3.68. The van der Waals surface area contributed by atoms with Crippen LogP contribution in [-0.4, -0.2) is 54.3 Å². The Morgan fingerprint density at radius 3 is 2.52 bits per heavy atom. The Labute approximate surface area is 151 Å². The lowest BCUT2D eigenvalue weighted by Crippen LogP contribution is -2.52. The van der Waals surface area contributed by atoms with Gasteiger partial charge in [-0.3, -0.25) is 4.79 Å². The van der Waals surface area contributed by atoms with E-state index in [0.29, 0.717) is 19.2 Å². The highest BCUT2D eigenvalue weighted by Gasteiger charge is 2.32. The Morgan fingerprint density at radius 1 is 1.12 bits per heavy atom. The number of hydrogen-bond donors (Lipinski definition) is 1.